The van der Waals surface area contributed by atoms with Gasteiger partial charge in [0, 0.05) is 11.8 Å². The highest BCUT2D eigenvalue weighted by Gasteiger charge is 2.09. The van der Waals surface area contributed by atoms with E-state index in [1.807, 2.05) is 0 Å². The molecule has 0 fully saturated rings. The molecule has 98 valence electrons. The van der Waals surface area contributed by atoms with Crippen molar-refractivity contribution < 1.29 is 9.90 Å². The van der Waals surface area contributed by atoms with E-state index in [2.05, 4.69) is 4.98 Å². The number of nitrogens with zero attached hydrogens (tertiary/aromatic N) is 1. The average Bonchev–Trinajstić information content (AvgIpc) is 2.35. The van der Waals surface area contributed by atoms with Crippen molar-refractivity contribution in [2.45, 2.75) is 6.42 Å². The maximum atomic E-state index is 10.6. The van der Waals surface area contributed by atoms with Gasteiger partial charge in [-0.3, -0.25) is 9.78 Å². The summed E-state index contributed by atoms with van der Waals surface area (Å²) in [5, 5.41) is 9.68. The lowest BCUT2D eigenvalue weighted by molar-refractivity contribution is -0.136. The number of halogens is 3. The number of hydrogen-bond donors (Lipinski definition) is 1. The minimum atomic E-state index is -0.896. The topological polar surface area (TPSA) is 50.2 Å². The van der Waals surface area contributed by atoms with Gasteiger partial charge in [-0.1, -0.05) is 40.9 Å². The first-order valence-electron chi connectivity index (χ1n) is 5.29. The molecule has 0 saturated heterocycles. The molecule has 0 aliphatic heterocycles. The van der Waals surface area contributed by atoms with Gasteiger partial charge in [-0.05, 0) is 23.8 Å². The Morgan fingerprint density at radius 2 is 1.79 bits per heavy atom. The number of carboxylic acids is 1. The van der Waals surface area contributed by atoms with Crippen LogP contribution >= 0.6 is 34.8 Å². The predicted molar refractivity (Wildman–Crippen MR) is 76.0 cm³/mol. The Morgan fingerprint density at radius 1 is 1.16 bits per heavy atom. The van der Waals surface area contributed by atoms with Crippen LogP contribution in [-0.2, 0) is 11.2 Å². The highest BCUT2D eigenvalue weighted by Crippen LogP contribution is 2.34. The highest BCUT2D eigenvalue weighted by molar-refractivity contribution is 6.48. The summed E-state index contributed by atoms with van der Waals surface area (Å²) in [6, 6.07) is 6.74. The van der Waals surface area contributed by atoms with Gasteiger partial charge < -0.3 is 5.11 Å². The Balaban J connectivity index is 2.34. The van der Waals surface area contributed by atoms with Crippen LogP contribution in [0.1, 0.15) is 5.56 Å². The zero-order valence-corrected chi connectivity index (χ0v) is 11.8. The van der Waals surface area contributed by atoms with Crippen molar-refractivity contribution in [3.05, 3.63) is 51.1 Å². The molecule has 1 aromatic carbocycles. The number of carbonyl (C=O) groups is 1. The average molecular weight is 317 g/mol. The number of aromatic nitrogens is 1. The van der Waals surface area contributed by atoms with Crippen molar-refractivity contribution in [1.82, 2.24) is 4.98 Å². The van der Waals surface area contributed by atoms with Crippen LogP contribution in [0.2, 0.25) is 15.1 Å². The Kier molecular flexibility index (Phi) is 4.30. The van der Waals surface area contributed by atoms with Gasteiger partial charge in [0.25, 0.3) is 0 Å². The number of aliphatic carboxylic acids is 1. The molecule has 0 bridgehead atoms. The predicted octanol–water partition coefficient (Wildman–Crippen LogP) is 4.34. The second-order valence-corrected chi connectivity index (χ2v) is 5.07. The van der Waals surface area contributed by atoms with E-state index in [1.165, 1.54) is 6.20 Å². The molecule has 0 spiro atoms. The first kappa shape index (κ1) is 14.1. The minimum absolute atomic E-state index is 0.0601. The van der Waals surface area contributed by atoms with Gasteiger partial charge >= 0.3 is 5.97 Å². The summed E-state index contributed by atoms with van der Waals surface area (Å²) in [6.07, 6.45) is 1.45. The van der Waals surface area contributed by atoms with E-state index in [4.69, 9.17) is 39.9 Å². The van der Waals surface area contributed by atoms with E-state index in [9.17, 15) is 4.79 Å². The van der Waals surface area contributed by atoms with Gasteiger partial charge in [-0.15, -0.1) is 0 Å². The quantitative estimate of drug-likeness (QED) is 0.857. The fourth-order valence-electron chi connectivity index (χ4n) is 1.58. The fraction of sp³-hybridized carbons (Fsp3) is 0.0769. The number of rotatable bonds is 3. The van der Waals surface area contributed by atoms with Crippen molar-refractivity contribution in [2.75, 3.05) is 0 Å². The molecular weight excluding hydrogens is 309 g/mol. The van der Waals surface area contributed by atoms with Crippen molar-refractivity contribution in [3.8, 4) is 11.3 Å². The third-order valence-corrected chi connectivity index (χ3v) is 3.66. The smallest absolute Gasteiger partial charge is 0.307 e. The summed E-state index contributed by atoms with van der Waals surface area (Å²) in [6.45, 7) is 0. The lowest BCUT2D eigenvalue weighted by Crippen LogP contribution is -2.00. The number of benzene rings is 1. The molecule has 0 radical (unpaired) electrons. The molecule has 1 N–H and O–H groups in total. The van der Waals surface area contributed by atoms with Gasteiger partial charge in [0.05, 0.1) is 27.2 Å². The lowest BCUT2D eigenvalue weighted by Gasteiger charge is -2.05. The second-order valence-electron chi connectivity index (χ2n) is 3.88. The fourth-order valence-corrected chi connectivity index (χ4v) is 2.17. The molecule has 2 aromatic rings. The third kappa shape index (κ3) is 3.38. The molecule has 6 heteroatoms. The van der Waals surface area contributed by atoms with E-state index < -0.39 is 5.97 Å². The Labute approximate surface area is 124 Å². The van der Waals surface area contributed by atoms with Crippen LogP contribution in [0.4, 0.5) is 0 Å². The van der Waals surface area contributed by atoms with E-state index in [0.29, 0.717) is 26.3 Å². The third-order valence-electron chi connectivity index (χ3n) is 2.46. The molecule has 0 atom stereocenters. The largest absolute Gasteiger partial charge is 0.481 e. The first-order valence-corrected chi connectivity index (χ1v) is 6.42. The highest BCUT2D eigenvalue weighted by atomic mass is 35.5. The summed E-state index contributed by atoms with van der Waals surface area (Å²) >= 11 is 17.8. The van der Waals surface area contributed by atoms with Crippen LogP contribution in [0, 0.1) is 0 Å². The van der Waals surface area contributed by atoms with E-state index in [0.717, 1.165) is 5.56 Å². The molecule has 0 unspecified atom stereocenters. The van der Waals surface area contributed by atoms with Crippen LogP contribution in [0.3, 0.4) is 0 Å². The summed E-state index contributed by atoms with van der Waals surface area (Å²) in [5.74, 6) is -0.896. The molecule has 2 rings (SSSR count). The number of carboxylic acid groups (broad SMARTS) is 1. The zero-order valence-electron chi connectivity index (χ0n) is 9.53. The van der Waals surface area contributed by atoms with Crippen molar-refractivity contribution in [3.63, 3.8) is 0 Å². The monoisotopic (exact) mass is 315 g/mol. The molecular formula is C13H8Cl3NO2. The van der Waals surface area contributed by atoms with Gasteiger partial charge in [0.2, 0.25) is 0 Å². The van der Waals surface area contributed by atoms with Gasteiger partial charge in [0.1, 0.15) is 0 Å². The second kappa shape index (κ2) is 5.78. The molecule has 0 aliphatic carbocycles. The Bertz CT molecular complexity index is 603. The molecule has 0 amide bonds. The van der Waals surface area contributed by atoms with Crippen LogP contribution in [0.25, 0.3) is 11.3 Å². The number of hydrogen-bond acceptors (Lipinski definition) is 2. The summed E-state index contributed by atoms with van der Waals surface area (Å²) in [7, 11) is 0. The van der Waals surface area contributed by atoms with E-state index in [1.54, 1.807) is 24.3 Å². The van der Waals surface area contributed by atoms with Gasteiger partial charge in [0.15, 0.2) is 0 Å². The zero-order chi connectivity index (χ0) is 14.0. The molecule has 1 aromatic heterocycles. The first-order chi connectivity index (χ1) is 8.97. The van der Waals surface area contributed by atoms with Crippen molar-refractivity contribution in [2.24, 2.45) is 0 Å². The van der Waals surface area contributed by atoms with E-state index in [-0.39, 0.29) is 6.42 Å². The van der Waals surface area contributed by atoms with Crippen molar-refractivity contribution in [1.29, 1.82) is 0 Å². The maximum Gasteiger partial charge on any atom is 0.307 e. The number of pyridine rings is 1. The molecule has 0 aliphatic rings. The van der Waals surface area contributed by atoms with Crippen molar-refractivity contribution >= 4 is 40.8 Å². The maximum absolute atomic E-state index is 10.6. The standard InChI is InChI=1S/C13H8Cl3NO2/c14-9-4-8(5-10(15)13(9)16)11-2-1-7(6-17-11)3-12(18)19/h1-2,4-6H,3H2,(H,18,19). The molecule has 0 saturated carbocycles. The molecule has 3 nitrogen and oxygen atoms in total. The summed E-state index contributed by atoms with van der Waals surface area (Å²) in [4.78, 5) is 14.8. The van der Waals surface area contributed by atoms with Crippen LogP contribution in [0.15, 0.2) is 30.5 Å². The van der Waals surface area contributed by atoms with Crippen LogP contribution < -0.4 is 0 Å². The Hall–Kier alpha value is -1.29. The van der Waals surface area contributed by atoms with Crippen LogP contribution in [-0.4, -0.2) is 16.1 Å². The van der Waals surface area contributed by atoms with Crippen LogP contribution in [0.5, 0.6) is 0 Å². The van der Waals surface area contributed by atoms with E-state index >= 15 is 0 Å². The van der Waals surface area contributed by atoms with Gasteiger partial charge in [-0.25, -0.2) is 0 Å². The SMILES string of the molecule is O=C(O)Cc1ccc(-c2cc(Cl)c(Cl)c(Cl)c2)nc1. The minimum Gasteiger partial charge on any atom is -0.481 e. The summed E-state index contributed by atoms with van der Waals surface area (Å²) < 4.78 is 0. The normalized spacial score (nSPS) is 10.5. The molecule has 1 heterocycles. The summed E-state index contributed by atoms with van der Waals surface area (Å²) in [5.41, 5.74) is 2.00. The van der Waals surface area contributed by atoms with Gasteiger partial charge in [-0.2, -0.15) is 0 Å². The lowest BCUT2D eigenvalue weighted by atomic mass is 10.1. The Morgan fingerprint density at radius 3 is 2.26 bits per heavy atom. The molecule has 19 heavy (non-hydrogen) atoms.